The molecule has 1 aliphatic carbocycles. The molecule has 0 spiro atoms. The maximum Gasteiger partial charge on any atom is 0.276 e. The molecular weight excluding hydrogens is 485 g/mol. The molecule has 3 N–H and O–H groups in total. The first-order valence-electron chi connectivity index (χ1n) is 12.1. The van der Waals surface area contributed by atoms with E-state index in [1.807, 2.05) is 0 Å². The molecule has 1 aliphatic rings. The standard InChI is InChI=1S/C24H30FN7O5/c1-13-4-6-15(7-5-13)21(29-23(34)20-14(2)30-37-31-20)24(35)28-17-10-27-32(11-17)19(12-36-3)18-8-16(25)9-26-22(18)33/h8-11,13,15,19,21H,4-7,12H2,1-3H3,(H,26,33)(H,28,35)(H,29,34)/t13?,15?,19?,21-/m0/s1. The van der Waals surface area contributed by atoms with Crippen molar-refractivity contribution in [3.05, 3.63) is 57.8 Å². The molecule has 0 aromatic carbocycles. The lowest BCUT2D eigenvalue weighted by atomic mass is 9.79. The van der Waals surface area contributed by atoms with Crippen molar-refractivity contribution in [3.8, 4) is 0 Å². The van der Waals surface area contributed by atoms with Crippen LogP contribution in [0.2, 0.25) is 0 Å². The molecule has 0 bridgehead atoms. The van der Waals surface area contributed by atoms with Crippen LogP contribution in [0, 0.1) is 24.6 Å². The molecule has 3 aromatic heterocycles. The summed E-state index contributed by atoms with van der Waals surface area (Å²) in [5, 5.41) is 17.2. The van der Waals surface area contributed by atoms with Gasteiger partial charge in [-0.1, -0.05) is 24.9 Å². The fourth-order valence-electron chi connectivity index (χ4n) is 4.64. The lowest BCUT2D eigenvalue weighted by Crippen LogP contribution is -2.49. The van der Waals surface area contributed by atoms with Gasteiger partial charge in [-0.05, 0) is 42.8 Å². The Labute approximate surface area is 211 Å². The molecule has 4 rings (SSSR count). The summed E-state index contributed by atoms with van der Waals surface area (Å²) >= 11 is 0. The Hall–Kier alpha value is -3.87. The molecule has 3 heterocycles. The van der Waals surface area contributed by atoms with Crippen molar-refractivity contribution < 1.29 is 23.3 Å². The molecule has 3 aromatic rings. The van der Waals surface area contributed by atoms with Crippen molar-refractivity contribution in [3.63, 3.8) is 0 Å². The average molecular weight is 516 g/mol. The van der Waals surface area contributed by atoms with Gasteiger partial charge in [-0.2, -0.15) is 5.10 Å². The van der Waals surface area contributed by atoms with Crippen LogP contribution in [0.3, 0.4) is 0 Å². The van der Waals surface area contributed by atoms with E-state index < -0.39 is 35.3 Å². The molecule has 12 nitrogen and oxygen atoms in total. The van der Waals surface area contributed by atoms with Crippen LogP contribution in [0.15, 0.2) is 34.1 Å². The number of ether oxygens (including phenoxy) is 1. The van der Waals surface area contributed by atoms with E-state index >= 15 is 0 Å². The number of carbonyl (C=O) groups is 2. The third-order valence-electron chi connectivity index (χ3n) is 6.74. The third kappa shape index (κ3) is 6.10. The van der Waals surface area contributed by atoms with E-state index in [9.17, 15) is 18.8 Å². The minimum Gasteiger partial charge on any atom is -0.382 e. The maximum atomic E-state index is 13.8. The van der Waals surface area contributed by atoms with Gasteiger partial charge in [0.1, 0.15) is 23.6 Å². The van der Waals surface area contributed by atoms with Gasteiger partial charge < -0.3 is 20.4 Å². The third-order valence-corrected chi connectivity index (χ3v) is 6.74. The van der Waals surface area contributed by atoms with Crippen LogP contribution in [0.25, 0.3) is 0 Å². The smallest absolute Gasteiger partial charge is 0.276 e. The molecule has 13 heteroatoms. The van der Waals surface area contributed by atoms with Gasteiger partial charge in [-0.15, -0.1) is 0 Å². The summed E-state index contributed by atoms with van der Waals surface area (Å²) in [6, 6.07) is -0.424. The number of hydrogen-bond acceptors (Lipinski definition) is 8. The van der Waals surface area contributed by atoms with Crippen LogP contribution < -0.4 is 16.2 Å². The number of amides is 2. The number of rotatable bonds is 9. The Bertz CT molecular complexity index is 1290. The average Bonchev–Trinajstić information content (AvgIpc) is 3.52. The van der Waals surface area contributed by atoms with Crippen LogP contribution >= 0.6 is 0 Å². The number of aromatic nitrogens is 5. The van der Waals surface area contributed by atoms with Gasteiger partial charge in [0.2, 0.25) is 5.91 Å². The van der Waals surface area contributed by atoms with Gasteiger partial charge in [-0.3, -0.25) is 19.1 Å². The first-order chi connectivity index (χ1) is 17.8. The summed E-state index contributed by atoms with van der Waals surface area (Å²) in [5.74, 6) is -1.07. The van der Waals surface area contributed by atoms with E-state index in [1.54, 1.807) is 6.92 Å². The number of nitrogens with zero attached hydrogens (tertiary/aromatic N) is 4. The number of pyridine rings is 1. The van der Waals surface area contributed by atoms with Gasteiger partial charge in [0.05, 0.1) is 18.5 Å². The Morgan fingerprint density at radius 2 is 2.05 bits per heavy atom. The number of aryl methyl sites for hydroxylation is 1. The fourth-order valence-corrected chi connectivity index (χ4v) is 4.64. The van der Waals surface area contributed by atoms with Crippen molar-refractivity contribution >= 4 is 17.5 Å². The van der Waals surface area contributed by atoms with Crippen molar-refractivity contribution in [1.29, 1.82) is 0 Å². The Morgan fingerprint density at radius 1 is 1.30 bits per heavy atom. The topological polar surface area (TPSA) is 157 Å². The van der Waals surface area contributed by atoms with Crippen LogP contribution in [0.4, 0.5) is 10.1 Å². The highest BCUT2D eigenvalue weighted by molar-refractivity contribution is 6.00. The molecule has 1 saturated carbocycles. The Morgan fingerprint density at radius 3 is 2.73 bits per heavy atom. The molecular formula is C24H30FN7O5. The number of nitrogens with one attached hydrogen (secondary N) is 3. The number of anilines is 1. The SMILES string of the molecule is COCC(c1cc(F)c[nH]c1=O)n1cc(NC(=O)[C@@H](NC(=O)c2nonc2C)C2CCC(C)CC2)cn1. The number of aromatic amines is 1. The number of hydrogen-bond donors (Lipinski definition) is 3. The second-order valence-electron chi connectivity index (χ2n) is 9.44. The van der Waals surface area contributed by atoms with Crippen LogP contribution in [0.5, 0.6) is 0 Å². The van der Waals surface area contributed by atoms with Gasteiger partial charge in [0.25, 0.3) is 11.5 Å². The van der Waals surface area contributed by atoms with E-state index in [0.717, 1.165) is 37.9 Å². The number of H-pyrrole nitrogens is 1. The van der Waals surface area contributed by atoms with E-state index in [4.69, 9.17) is 4.74 Å². The highest BCUT2D eigenvalue weighted by Gasteiger charge is 2.34. The molecule has 37 heavy (non-hydrogen) atoms. The zero-order valence-electron chi connectivity index (χ0n) is 20.9. The van der Waals surface area contributed by atoms with Crippen molar-refractivity contribution in [2.75, 3.05) is 19.0 Å². The molecule has 0 saturated heterocycles. The molecule has 0 aliphatic heterocycles. The van der Waals surface area contributed by atoms with E-state index in [0.29, 0.717) is 17.3 Å². The predicted octanol–water partition coefficient (Wildman–Crippen LogP) is 2.20. The largest absolute Gasteiger partial charge is 0.382 e. The summed E-state index contributed by atoms with van der Waals surface area (Å²) in [6.07, 6.45) is 7.39. The Balaban J connectivity index is 1.54. The first kappa shape index (κ1) is 26.2. The zero-order valence-corrected chi connectivity index (χ0v) is 20.9. The molecule has 0 radical (unpaired) electrons. The molecule has 2 amide bonds. The van der Waals surface area contributed by atoms with Crippen LogP contribution in [0.1, 0.15) is 60.4 Å². The molecule has 1 unspecified atom stereocenters. The summed E-state index contributed by atoms with van der Waals surface area (Å²) in [6.45, 7) is 3.81. The first-order valence-corrected chi connectivity index (χ1v) is 12.1. The molecule has 2 atom stereocenters. The van der Waals surface area contributed by atoms with Crippen molar-refractivity contribution in [2.24, 2.45) is 11.8 Å². The monoisotopic (exact) mass is 515 g/mol. The van der Waals surface area contributed by atoms with Gasteiger partial charge in [0.15, 0.2) is 5.69 Å². The second kappa shape index (κ2) is 11.5. The minimum absolute atomic E-state index is 0.0255. The van der Waals surface area contributed by atoms with Crippen molar-refractivity contribution in [2.45, 2.75) is 51.6 Å². The normalized spacial score (nSPS) is 19.2. The Kier molecular flexibility index (Phi) is 8.11. The van der Waals surface area contributed by atoms with E-state index in [2.05, 4.69) is 42.6 Å². The fraction of sp³-hybridized carbons (Fsp3) is 0.500. The van der Waals surface area contributed by atoms with Gasteiger partial charge in [-0.25, -0.2) is 9.02 Å². The lowest BCUT2D eigenvalue weighted by Gasteiger charge is -2.32. The van der Waals surface area contributed by atoms with E-state index in [1.165, 1.54) is 24.2 Å². The minimum atomic E-state index is -0.819. The lowest BCUT2D eigenvalue weighted by molar-refractivity contribution is -0.119. The van der Waals surface area contributed by atoms with Crippen LogP contribution in [-0.2, 0) is 9.53 Å². The zero-order chi connectivity index (χ0) is 26.5. The van der Waals surface area contributed by atoms with E-state index in [-0.39, 0.29) is 23.8 Å². The highest BCUT2D eigenvalue weighted by atomic mass is 19.1. The summed E-state index contributed by atoms with van der Waals surface area (Å²) in [4.78, 5) is 40.9. The summed E-state index contributed by atoms with van der Waals surface area (Å²) in [5.41, 5.74) is 0.350. The van der Waals surface area contributed by atoms with Crippen molar-refractivity contribution in [1.82, 2.24) is 30.4 Å². The summed E-state index contributed by atoms with van der Waals surface area (Å²) < 4.78 is 25.1. The highest BCUT2D eigenvalue weighted by Crippen LogP contribution is 2.31. The number of carbonyl (C=O) groups excluding carboxylic acids is 2. The van der Waals surface area contributed by atoms with Gasteiger partial charge in [0, 0.05) is 25.1 Å². The van der Waals surface area contributed by atoms with Crippen LogP contribution in [-0.4, -0.2) is 56.7 Å². The number of methoxy groups -OCH3 is 1. The second-order valence-corrected chi connectivity index (χ2v) is 9.44. The molecule has 1 fully saturated rings. The molecule has 198 valence electrons. The van der Waals surface area contributed by atoms with Gasteiger partial charge >= 0.3 is 0 Å². The maximum absolute atomic E-state index is 13.8. The number of halogens is 1. The summed E-state index contributed by atoms with van der Waals surface area (Å²) in [7, 11) is 1.46. The predicted molar refractivity (Wildman–Crippen MR) is 129 cm³/mol. The quantitative estimate of drug-likeness (QED) is 0.391.